The number of carbonyl (C=O) groups excluding carboxylic acids is 1. The molecule has 0 aliphatic heterocycles. The summed E-state index contributed by atoms with van der Waals surface area (Å²) in [6.45, 7) is 2.18. The van der Waals surface area contributed by atoms with E-state index in [0.717, 1.165) is 11.3 Å². The molecule has 0 spiro atoms. The van der Waals surface area contributed by atoms with Gasteiger partial charge in [0.15, 0.2) is 5.78 Å². The molecule has 0 aliphatic rings. The maximum atomic E-state index is 11.3. The van der Waals surface area contributed by atoms with Crippen LogP contribution in [-0.4, -0.2) is 22.4 Å². The molecule has 1 aromatic carbocycles. The third-order valence-corrected chi connectivity index (χ3v) is 2.58. The number of nitrogens with zero attached hydrogens (tertiary/aromatic N) is 2. The Bertz CT molecular complexity index is 514. The molecular weight excluding hydrogens is 216 g/mol. The predicted octanol–water partition coefficient (Wildman–Crippen LogP) is 2.14. The highest BCUT2D eigenvalue weighted by Crippen LogP contribution is 2.13. The van der Waals surface area contributed by atoms with Crippen LogP contribution in [0.3, 0.4) is 0 Å². The number of rotatable bonds is 4. The molecule has 0 saturated heterocycles. The van der Waals surface area contributed by atoms with Crippen molar-refractivity contribution in [3.8, 4) is 5.75 Å². The highest BCUT2D eigenvalue weighted by atomic mass is 16.5. The van der Waals surface area contributed by atoms with Crippen LogP contribution in [0.25, 0.3) is 0 Å². The van der Waals surface area contributed by atoms with Crippen LogP contribution in [0.1, 0.15) is 23.0 Å². The first-order valence-electron chi connectivity index (χ1n) is 5.34. The molecule has 0 saturated carbocycles. The number of hydrogen-bond donors (Lipinski definition) is 0. The molecule has 0 fully saturated rings. The van der Waals surface area contributed by atoms with Crippen molar-refractivity contribution in [2.75, 3.05) is 7.11 Å². The van der Waals surface area contributed by atoms with E-state index in [0.29, 0.717) is 12.2 Å². The Hall–Kier alpha value is -2.10. The fourth-order valence-corrected chi connectivity index (χ4v) is 1.67. The van der Waals surface area contributed by atoms with Crippen molar-refractivity contribution in [2.24, 2.45) is 0 Å². The predicted molar refractivity (Wildman–Crippen MR) is 64.3 cm³/mol. The summed E-state index contributed by atoms with van der Waals surface area (Å²) in [5, 5.41) is 0. The highest BCUT2D eigenvalue weighted by molar-refractivity contribution is 5.92. The molecule has 1 heterocycles. The lowest BCUT2D eigenvalue weighted by molar-refractivity contribution is 0.100. The molecule has 4 nitrogen and oxygen atoms in total. The van der Waals surface area contributed by atoms with Gasteiger partial charge in [-0.15, -0.1) is 0 Å². The molecule has 2 aromatic rings. The number of Topliss-reactive ketones (excluding diaryl/α,β-unsaturated/α-hetero) is 1. The van der Waals surface area contributed by atoms with Gasteiger partial charge in [-0.25, -0.2) is 4.98 Å². The van der Waals surface area contributed by atoms with Crippen molar-refractivity contribution in [3.63, 3.8) is 0 Å². The van der Waals surface area contributed by atoms with Crippen LogP contribution in [0.5, 0.6) is 5.75 Å². The number of methoxy groups -OCH3 is 1. The average Bonchev–Trinajstić information content (AvgIpc) is 2.78. The number of benzene rings is 1. The molecule has 4 heteroatoms. The zero-order chi connectivity index (χ0) is 12.3. The first-order chi connectivity index (χ1) is 8.20. The smallest absolute Gasteiger partial charge is 0.177 e. The molecule has 0 atom stereocenters. The monoisotopic (exact) mass is 230 g/mol. The number of ether oxygens (including phenoxy) is 1. The lowest BCUT2D eigenvalue weighted by Gasteiger charge is -2.06. The number of aromatic nitrogens is 2. The van der Waals surface area contributed by atoms with Gasteiger partial charge >= 0.3 is 0 Å². The van der Waals surface area contributed by atoms with Crippen molar-refractivity contribution in [2.45, 2.75) is 13.5 Å². The molecule has 0 N–H and O–H groups in total. The molecule has 0 amide bonds. The van der Waals surface area contributed by atoms with Gasteiger partial charge in [-0.1, -0.05) is 12.1 Å². The fourth-order valence-electron chi connectivity index (χ4n) is 1.67. The van der Waals surface area contributed by atoms with Crippen LogP contribution in [0, 0.1) is 0 Å². The molecule has 0 bridgehead atoms. The fraction of sp³-hybridized carbons (Fsp3) is 0.231. The normalized spacial score (nSPS) is 10.2. The van der Waals surface area contributed by atoms with Gasteiger partial charge in [0, 0.05) is 13.5 Å². The maximum Gasteiger partial charge on any atom is 0.177 e. The third kappa shape index (κ3) is 2.53. The van der Waals surface area contributed by atoms with Gasteiger partial charge in [0.05, 0.1) is 19.6 Å². The molecule has 0 aliphatic carbocycles. The minimum Gasteiger partial charge on any atom is -0.497 e. The standard InChI is InChI=1S/C13H14N2O2/c1-10(16)13-7-14-9-15(13)8-11-3-5-12(17-2)6-4-11/h3-7,9H,8H2,1-2H3. The largest absolute Gasteiger partial charge is 0.497 e. The highest BCUT2D eigenvalue weighted by Gasteiger charge is 2.06. The lowest BCUT2D eigenvalue weighted by Crippen LogP contribution is -2.06. The summed E-state index contributed by atoms with van der Waals surface area (Å²) >= 11 is 0. The number of carbonyl (C=O) groups is 1. The van der Waals surface area contributed by atoms with Crippen LogP contribution in [0.4, 0.5) is 0 Å². The third-order valence-electron chi connectivity index (χ3n) is 2.58. The van der Waals surface area contributed by atoms with Crippen molar-refractivity contribution in [1.82, 2.24) is 9.55 Å². The van der Waals surface area contributed by atoms with Gasteiger partial charge in [-0.05, 0) is 17.7 Å². The quantitative estimate of drug-likeness (QED) is 0.756. The number of imidazole rings is 1. The van der Waals surface area contributed by atoms with Gasteiger partial charge in [0.25, 0.3) is 0 Å². The summed E-state index contributed by atoms with van der Waals surface area (Å²) in [6, 6.07) is 7.75. The summed E-state index contributed by atoms with van der Waals surface area (Å²) < 4.78 is 6.93. The van der Waals surface area contributed by atoms with Gasteiger partial charge in [0.1, 0.15) is 11.4 Å². The van der Waals surface area contributed by atoms with E-state index in [1.165, 1.54) is 0 Å². The van der Waals surface area contributed by atoms with E-state index in [2.05, 4.69) is 4.98 Å². The lowest BCUT2D eigenvalue weighted by atomic mass is 10.2. The van der Waals surface area contributed by atoms with E-state index < -0.39 is 0 Å². The van der Waals surface area contributed by atoms with Crippen molar-refractivity contribution in [1.29, 1.82) is 0 Å². The SMILES string of the molecule is COc1ccc(Cn2cncc2C(C)=O)cc1. The average molecular weight is 230 g/mol. The second-order valence-corrected chi connectivity index (χ2v) is 3.81. The summed E-state index contributed by atoms with van der Waals surface area (Å²) in [5.41, 5.74) is 1.73. The van der Waals surface area contributed by atoms with Gasteiger partial charge in [-0.3, -0.25) is 4.79 Å². The maximum absolute atomic E-state index is 11.3. The van der Waals surface area contributed by atoms with Crippen LogP contribution in [0.15, 0.2) is 36.8 Å². The van der Waals surface area contributed by atoms with E-state index in [4.69, 9.17) is 4.74 Å². The summed E-state index contributed by atoms with van der Waals surface area (Å²) in [7, 11) is 1.64. The minimum atomic E-state index is 0.0241. The van der Waals surface area contributed by atoms with E-state index in [1.807, 2.05) is 28.8 Å². The Labute approximate surface area is 99.9 Å². The van der Waals surface area contributed by atoms with Crippen LogP contribution < -0.4 is 4.74 Å². The summed E-state index contributed by atoms with van der Waals surface area (Å²) in [6.07, 6.45) is 3.26. The Morgan fingerprint density at radius 2 is 2.06 bits per heavy atom. The minimum absolute atomic E-state index is 0.0241. The Morgan fingerprint density at radius 1 is 1.35 bits per heavy atom. The Morgan fingerprint density at radius 3 is 2.65 bits per heavy atom. The zero-order valence-corrected chi connectivity index (χ0v) is 9.88. The first kappa shape index (κ1) is 11.4. The second-order valence-electron chi connectivity index (χ2n) is 3.81. The summed E-state index contributed by atoms with van der Waals surface area (Å²) in [4.78, 5) is 15.3. The molecule has 0 radical (unpaired) electrons. The topological polar surface area (TPSA) is 44.1 Å². The van der Waals surface area contributed by atoms with Crippen molar-refractivity contribution < 1.29 is 9.53 Å². The molecular formula is C13H14N2O2. The molecule has 88 valence electrons. The second kappa shape index (κ2) is 4.82. The van der Waals surface area contributed by atoms with Gasteiger partial charge in [0.2, 0.25) is 0 Å². The van der Waals surface area contributed by atoms with E-state index in [-0.39, 0.29) is 5.78 Å². The van der Waals surface area contributed by atoms with Crippen molar-refractivity contribution >= 4 is 5.78 Å². The molecule has 2 rings (SSSR count). The number of ketones is 1. The van der Waals surface area contributed by atoms with E-state index in [9.17, 15) is 4.79 Å². The van der Waals surface area contributed by atoms with Gasteiger partial charge < -0.3 is 9.30 Å². The first-order valence-corrected chi connectivity index (χ1v) is 5.34. The number of hydrogen-bond acceptors (Lipinski definition) is 3. The Kier molecular flexibility index (Phi) is 3.23. The van der Waals surface area contributed by atoms with E-state index >= 15 is 0 Å². The van der Waals surface area contributed by atoms with E-state index in [1.54, 1.807) is 26.6 Å². The molecule has 17 heavy (non-hydrogen) atoms. The molecule has 1 aromatic heterocycles. The Balaban J connectivity index is 2.19. The molecule has 0 unspecified atom stereocenters. The van der Waals surface area contributed by atoms with Gasteiger partial charge in [-0.2, -0.15) is 0 Å². The van der Waals surface area contributed by atoms with Crippen LogP contribution in [-0.2, 0) is 6.54 Å². The zero-order valence-electron chi connectivity index (χ0n) is 9.88. The van der Waals surface area contributed by atoms with Crippen LogP contribution in [0.2, 0.25) is 0 Å². The summed E-state index contributed by atoms with van der Waals surface area (Å²) in [5.74, 6) is 0.849. The van der Waals surface area contributed by atoms with Crippen molar-refractivity contribution in [3.05, 3.63) is 48.0 Å². The van der Waals surface area contributed by atoms with Crippen LogP contribution >= 0.6 is 0 Å².